The number of nitrogen functional groups attached to an aromatic ring is 1. The molecule has 128 valence electrons. The number of amides is 1. The van der Waals surface area contributed by atoms with Gasteiger partial charge in [0, 0.05) is 24.5 Å². The molecule has 2 unspecified atom stereocenters. The number of nitrogens with zero attached hydrogens (tertiary/aromatic N) is 2. The summed E-state index contributed by atoms with van der Waals surface area (Å²) in [5.41, 5.74) is 7.63. The van der Waals surface area contributed by atoms with Crippen molar-refractivity contribution in [1.82, 2.24) is 4.90 Å². The second-order valence-electron chi connectivity index (χ2n) is 7.87. The van der Waals surface area contributed by atoms with Gasteiger partial charge in [0.2, 0.25) is 0 Å². The van der Waals surface area contributed by atoms with Crippen molar-refractivity contribution in [3.63, 3.8) is 0 Å². The van der Waals surface area contributed by atoms with Crippen LogP contribution in [0.25, 0.3) is 0 Å². The van der Waals surface area contributed by atoms with Crippen molar-refractivity contribution < 1.29 is 9.90 Å². The molecule has 1 aromatic rings. The second kappa shape index (κ2) is 6.30. The minimum absolute atomic E-state index is 0.0105. The molecule has 2 atom stereocenters. The molecule has 3 N–H and O–H groups in total. The van der Waals surface area contributed by atoms with Crippen molar-refractivity contribution in [1.29, 1.82) is 0 Å². The standard InChI is InChI=1S/C18H29N3O2/c1-12(2)15-10-20(14-8-6-13(19)7-9-14)16(18(3,4)5)11-21(15)17(22)23/h6-9,12,15-16H,10-11,19H2,1-5H3,(H,22,23). The average Bonchev–Trinajstić information content (AvgIpc) is 2.45. The summed E-state index contributed by atoms with van der Waals surface area (Å²) in [5.74, 6) is 0.267. The summed E-state index contributed by atoms with van der Waals surface area (Å²) in [7, 11) is 0. The number of carboxylic acid groups (broad SMARTS) is 1. The summed E-state index contributed by atoms with van der Waals surface area (Å²) in [6.07, 6.45) is -0.824. The van der Waals surface area contributed by atoms with E-state index in [0.717, 1.165) is 11.4 Å². The van der Waals surface area contributed by atoms with E-state index in [1.54, 1.807) is 4.90 Å². The zero-order chi connectivity index (χ0) is 17.4. The fourth-order valence-electron chi connectivity index (χ4n) is 3.33. The van der Waals surface area contributed by atoms with Gasteiger partial charge in [0.05, 0.1) is 12.1 Å². The SMILES string of the molecule is CC(C)C1CN(c2ccc(N)cc2)C(C(C)(C)C)CN1C(=O)O. The Bertz CT molecular complexity index is 548. The highest BCUT2D eigenvalue weighted by Crippen LogP contribution is 2.35. The van der Waals surface area contributed by atoms with Crippen LogP contribution in [0.15, 0.2) is 24.3 Å². The number of benzene rings is 1. The van der Waals surface area contributed by atoms with Crippen molar-refractivity contribution in [3.05, 3.63) is 24.3 Å². The Balaban J connectivity index is 2.40. The molecule has 2 rings (SSSR count). The molecule has 1 saturated heterocycles. The fraction of sp³-hybridized carbons (Fsp3) is 0.611. The molecule has 5 heteroatoms. The first-order valence-electron chi connectivity index (χ1n) is 8.23. The first kappa shape index (κ1) is 17.4. The number of carbonyl (C=O) groups is 1. The van der Waals surface area contributed by atoms with Gasteiger partial charge < -0.3 is 20.6 Å². The Morgan fingerprint density at radius 3 is 2.22 bits per heavy atom. The Hall–Kier alpha value is -1.91. The summed E-state index contributed by atoms with van der Waals surface area (Å²) in [4.78, 5) is 15.7. The highest BCUT2D eigenvalue weighted by atomic mass is 16.4. The van der Waals surface area contributed by atoms with Crippen LogP contribution < -0.4 is 10.6 Å². The van der Waals surface area contributed by atoms with E-state index in [9.17, 15) is 9.90 Å². The van der Waals surface area contributed by atoms with E-state index in [1.807, 2.05) is 24.3 Å². The molecule has 0 spiro atoms. The van der Waals surface area contributed by atoms with Crippen LogP contribution in [-0.2, 0) is 0 Å². The Kier molecular flexibility index (Phi) is 4.78. The van der Waals surface area contributed by atoms with Crippen LogP contribution in [0, 0.1) is 11.3 Å². The average molecular weight is 319 g/mol. The van der Waals surface area contributed by atoms with Crippen LogP contribution in [-0.4, -0.2) is 41.3 Å². The van der Waals surface area contributed by atoms with Crippen molar-refractivity contribution in [2.75, 3.05) is 23.7 Å². The van der Waals surface area contributed by atoms with Gasteiger partial charge >= 0.3 is 6.09 Å². The molecule has 0 bridgehead atoms. The lowest BCUT2D eigenvalue weighted by Gasteiger charge is -2.52. The van der Waals surface area contributed by atoms with Crippen molar-refractivity contribution in [3.8, 4) is 0 Å². The molecular weight excluding hydrogens is 290 g/mol. The van der Waals surface area contributed by atoms with Crippen molar-refractivity contribution in [2.24, 2.45) is 11.3 Å². The third-order valence-electron chi connectivity index (χ3n) is 4.77. The quantitative estimate of drug-likeness (QED) is 0.818. The molecule has 0 aliphatic carbocycles. The summed E-state index contributed by atoms with van der Waals surface area (Å²) >= 11 is 0. The predicted molar refractivity (Wildman–Crippen MR) is 94.8 cm³/mol. The minimum Gasteiger partial charge on any atom is -0.465 e. The molecule has 1 aliphatic rings. The minimum atomic E-state index is -0.824. The lowest BCUT2D eigenvalue weighted by atomic mass is 9.82. The van der Waals surface area contributed by atoms with Gasteiger partial charge in [-0.1, -0.05) is 34.6 Å². The molecular formula is C18H29N3O2. The first-order chi connectivity index (χ1) is 10.6. The number of anilines is 2. The molecule has 1 aromatic carbocycles. The molecule has 1 aliphatic heterocycles. The number of hydrogen-bond acceptors (Lipinski definition) is 3. The Labute approximate surface area is 139 Å². The zero-order valence-electron chi connectivity index (χ0n) is 14.8. The number of piperazine rings is 1. The van der Waals surface area contributed by atoms with Crippen LogP contribution in [0.1, 0.15) is 34.6 Å². The lowest BCUT2D eigenvalue weighted by molar-refractivity contribution is 0.0737. The Morgan fingerprint density at radius 1 is 1.22 bits per heavy atom. The van der Waals surface area contributed by atoms with Gasteiger partial charge in [-0.25, -0.2) is 4.79 Å². The summed E-state index contributed by atoms with van der Waals surface area (Å²) < 4.78 is 0. The zero-order valence-corrected chi connectivity index (χ0v) is 14.8. The van der Waals surface area contributed by atoms with Gasteiger partial charge in [0.15, 0.2) is 0 Å². The molecule has 1 fully saturated rings. The molecule has 1 amide bonds. The van der Waals surface area contributed by atoms with E-state index in [2.05, 4.69) is 39.5 Å². The first-order valence-corrected chi connectivity index (χ1v) is 8.23. The van der Waals surface area contributed by atoms with E-state index in [1.165, 1.54) is 0 Å². The largest absolute Gasteiger partial charge is 0.465 e. The van der Waals surface area contributed by atoms with Crippen LogP contribution in [0.2, 0.25) is 0 Å². The number of rotatable bonds is 2. The van der Waals surface area contributed by atoms with E-state index in [0.29, 0.717) is 13.1 Å². The maximum Gasteiger partial charge on any atom is 0.407 e. The van der Waals surface area contributed by atoms with Crippen LogP contribution in [0.3, 0.4) is 0 Å². The van der Waals surface area contributed by atoms with Crippen LogP contribution >= 0.6 is 0 Å². The monoisotopic (exact) mass is 319 g/mol. The third-order valence-corrected chi connectivity index (χ3v) is 4.77. The maximum absolute atomic E-state index is 11.7. The smallest absolute Gasteiger partial charge is 0.407 e. The van der Waals surface area contributed by atoms with Gasteiger partial charge in [0.25, 0.3) is 0 Å². The molecule has 5 nitrogen and oxygen atoms in total. The fourth-order valence-corrected chi connectivity index (χ4v) is 3.33. The lowest BCUT2D eigenvalue weighted by Crippen LogP contribution is -2.64. The second-order valence-corrected chi connectivity index (χ2v) is 7.87. The predicted octanol–water partition coefficient (Wildman–Crippen LogP) is 3.51. The van der Waals surface area contributed by atoms with E-state index >= 15 is 0 Å². The molecule has 0 saturated carbocycles. The highest BCUT2D eigenvalue weighted by molar-refractivity contribution is 5.67. The van der Waals surface area contributed by atoms with Crippen molar-refractivity contribution >= 4 is 17.5 Å². The van der Waals surface area contributed by atoms with Crippen LogP contribution in [0.5, 0.6) is 0 Å². The maximum atomic E-state index is 11.7. The topological polar surface area (TPSA) is 69.8 Å². The third kappa shape index (κ3) is 3.71. The highest BCUT2D eigenvalue weighted by Gasteiger charge is 2.42. The molecule has 1 heterocycles. The molecule has 0 radical (unpaired) electrons. The van der Waals surface area contributed by atoms with Gasteiger partial charge in [-0.05, 0) is 35.6 Å². The Morgan fingerprint density at radius 2 is 1.78 bits per heavy atom. The van der Waals surface area contributed by atoms with Gasteiger partial charge in [-0.15, -0.1) is 0 Å². The normalized spacial score (nSPS) is 22.5. The summed E-state index contributed by atoms with van der Waals surface area (Å²) in [6.45, 7) is 11.9. The van der Waals surface area contributed by atoms with Gasteiger partial charge in [-0.3, -0.25) is 0 Å². The summed E-state index contributed by atoms with van der Waals surface area (Å²) in [6, 6.07) is 7.98. The van der Waals surface area contributed by atoms with Crippen molar-refractivity contribution in [2.45, 2.75) is 46.7 Å². The summed E-state index contributed by atoms with van der Waals surface area (Å²) in [5, 5.41) is 9.63. The molecule has 0 aromatic heterocycles. The number of nitrogens with two attached hydrogens (primary N) is 1. The molecule has 23 heavy (non-hydrogen) atoms. The van der Waals surface area contributed by atoms with Gasteiger partial charge in [-0.2, -0.15) is 0 Å². The van der Waals surface area contributed by atoms with E-state index in [-0.39, 0.29) is 23.4 Å². The van der Waals surface area contributed by atoms with E-state index < -0.39 is 6.09 Å². The van der Waals surface area contributed by atoms with Gasteiger partial charge in [0.1, 0.15) is 0 Å². The van der Waals surface area contributed by atoms with Crippen LogP contribution in [0.4, 0.5) is 16.2 Å². The number of hydrogen-bond donors (Lipinski definition) is 2. The van der Waals surface area contributed by atoms with E-state index in [4.69, 9.17) is 5.73 Å².